The zero-order valence-electron chi connectivity index (χ0n) is 6.13. The Morgan fingerprint density at radius 3 is 3.00 bits per heavy atom. The van der Waals surface area contributed by atoms with E-state index in [0.717, 1.165) is 16.6 Å². The van der Waals surface area contributed by atoms with Gasteiger partial charge in [0.1, 0.15) is 6.07 Å². The summed E-state index contributed by atoms with van der Waals surface area (Å²) in [6.07, 6.45) is 2.51. The maximum Gasteiger partial charge on any atom is 0.101 e. The van der Waals surface area contributed by atoms with E-state index in [1.807, 2.05) is 6.92 Å². The lowest BCUT2D eigenvalue weighted by Gasteiger charge is -1.97. The molecule has 0 fully saturated rings. The Kier molecular flexibility index (Phi) is 2.61. The Balaban J connectivity index is 3.19. The molecule has 0 atom stereocenters. The summed E-state index contributed by atoms with van der Waals surface area (Å²) < 4.78 is 0.853. The van der Waals surface area contributed by atoms with Gasteiger partial charge in [0.25, 0.3) is 0 Å². The molecule has 11 heavy (non-hydrogen) atoms. The van der Waals surface area contributed by atoms with E-state index < -0.39 is 0 Å². The van der Waals surface area contributed by atoms with E-state index in [-0.39, 0.29) is 0 Å². The molecule has 0 saturated carbocycles. The number of halogens is 1. The summed E-state index contributed by atoms with van der Waals surface area (Å²) in [5, 5.41) is 8.66. The normalized spacial score (nSPS) is 9.18. The van der Waals surface area contributed by atoms with Crippen molar-refractivity contribution in [1.29, 1.82) is 5.26 Å². The maximum absolute atomic E-state index is 8.66. The molecule has 1 aromatic rings. The molecule has 0 bridgehead atoms. The highest BCUT2D eigenvalue weighted by molar-refractivity contribution is 9.10. The molecule has 1 rings (SSSR count). The zero-order chi connectivity index (χ0) is 8.27. The Bertz CT molecular complexity index is 301. The Morgan fingerprint density at radius 1 is 1.73 bits per heavy atom. The third kappa shape index (κ3) is 1.78. The van der Waals surface area contributed by atoms with Gasteiger partial charge in [-0.3, -0.25) is 4.98 Å². The van der Waals surface area contributed by atoms with Crippen LogP contribution in [0.1, 0.15) is 18.2 Å². The van der Waals surface area contributed by atoms with Crippen LogP contribution in [0.3, 0.4) is 0 Å². The van der Waals surface area contributed by atoms with E-state index in [1.165, 1.54) is 0 Å². The van der Waals surface area contributed by atoms with E-state index in [4.69, 9.17) is 5.26 Å². The molecule has 1 aromatic heterocycles. The summed E-state index contributed by atoms with van der Waals surface area (Å²) in [4.78, 5) is 4.10. The second-order valence-electron chi connectivity index (χ2n) is 2.11. The summed E-state index contributed by atoms with van der Waals surface area (Å²) in [6.45, 7) is 1.98. The molecule has 0 unspecified atom stereocenters. The van der Waals surface area contributed by atoms with Crippen LogP contribution in [0, 0.1) is 11.3 Å². The highest BCUT2D eigenvalue weighted by Crippen LogP contribution is 2.13. The molecule has 1 heterocycles. The van der Waals surface area contributed by atoms with Crippen molar-refractivity contribution in [2.75, 3.05) is 0 Å². The third-order valence-corrected chi connectivity index (χ3v) is 1.83. The molecule has 0 aliphatic heterocycles. The minimum Gasteiger partial charge on any atom is -0.259 e. The first-order valence-electron chi connectivity index (χ1n) is 3.32. The molecule has 0 aliphatic carbocycles. The van der Waals surface area contributed by atoms with Crippen LogP contribution in [0.5, 0.6) is 0 Å². The molecule has 0 amide bonds. The average Bonchev–Trinajstić information content (AvgIpc) is 2.04. The monoisotopic (exact) mass is 210 g/mol. The highest BCUT2D eigenvalue weighted by Gasteiger charge is 2.00. The standard InChI is InChI=1S/C8H7BrN2/c1-2-8-6(4-10)3-7(9)5-11-8/h3,5H,2H2,1H3. The summed E-state index contributed by atoms with van der Waals surface area (Å²) in [5.74, 6) is 0. The Labute approximate surface area is 74.0 Å². The largest absolute Gasteiger partial charge is 0.259 e. The molecular formula is C8H7BrN2. The van der Waals surface area contributed by atoms with Crippen molar-refractivity contribution >= 4 is 15.9 Å². The van der Waals surface area contributed by atoms with E-state index in [9.17, 15) is 0 Å². The second-order valence-corrected chi connectivity index (χ2v) is 3.03. The van der Waals surface area contributed by atoms with Gasteiger partial charge in [0.05, 0.1) is 11.3 Å². The Morgan fingerprint density at radius 2 is 2.45 bits per heavy atom. The van der Waals surface area contributed by atoms with Gasteiger partial charge in [0.15, 0.2) is 0 Å². The van der Waals surface area contributed by atoms with Gasteiger partial charge in [-0.25, -0.2) is 0 Å². The highest BCUT2D eigenvalue weighted by atomic mass is 79.9. The molecule has 3 heteroatoms. The van der Waals surface area contributed by atoms with Gasteiger partial charge >= 0.3 is 0 Å². The SMILES string of the molecule is CCc1ncc(Br)cc1C#N. The van der Waals surface area contributed by atoms with Gasteiger partial charge in [-0.2, -0.15) is 5.26 Å². The van der Waals surface area contributed by atoms with E-state index in [0.29, 0.717) is 5.56 Å². The fraction of sp³-hybridized carbons (Fsp3) is 0.250. The van der Waals surface area contributed by atoms with Crippen LogP contribution >= 0.6 is 15.9 Å². The molecule has 0 radical (unpaired) electrons. The number of pyridine rings is 1. The number of hydrogen-bond donors (Lipinski definition) is 0. The smallest absolute Gasteiger partial charge is 0.101 e. The number of nitriles is 1. The lowest BCUT2D eigenvalue weighted by atomic mass is 10.2. The third-order valence-electron chi connectivity index (χ3n) is 1.39. The summed E-state index contributed by atoms with van der Waals surface area (Å²) >= 11 is 3.25. The molecule has 0 saturated heterocycles. The second kappa shape index (κ2) is 3.49. The summed E-state index contributed by atoms with van der Waals surface area (Å²) in [6, 6.07) is 3.88. The molecule has 0 spiro atoms. The van der Waals surface area contributed by atoms with Crippen molar-refractivity contribution in [1.82, 2.24) is 4.98 Å². The summed E-state index contributed by atoms with van der Waals surface area (Å²) in [5.41, 5.74) is 1.51. The van der Waals surface area contributed by atoms with E-state index in [1.54, 1.807) is 12.3 Å². The van der Waals surface area contributed by atoms with Gasteiger partial charge < -0.3 is 0 Å². The first kappa shape index (κ1) is 8.22. The predicted molar refractivity (Wildman–Crippen MR) is 46.0 cm³/mol. The van der Waals surface area contributed by atoms with Crippen LogP contribution in [0.15, 0.2) is 16.7 Å². The number of aryl methyl sites for hydroxylation is 1. The van der Waals surface area contributed by atoms with Gasteiger partial charge in [-0.15, -0.1) is 0 Å². The van der Waals surface area contributed by atoms with Crippen LogP contribution in [-0.4, -0.2) is 4.98 Å². The average molecular weight is 211 g/mol. The first-order chi connectivity index (χ1) is 5.27. The van der Waals surface area contributed by atoms with Crippen molar-refractivity contribution in [3.8, 4) is 6.07 Å². The number of aromatic nitrogens is 1. The van der Waals surface area contributed by atoms with Crippen LogP contribution < -0.4 is 0 Å². The van der Waals surface area contributed by atoms with Crippen LogP contribution in [-0.2, 0) is 6.42 Å². The lowest BCUT2D eigenvalue weighted by Crippen LogP contribution is -1.91. The van der Waals surface area contributed by atoms with Gasteiger partial charge in [0, 0.05) is 10.7 Å². The minimum atomic E-state index is 0.655. The van der Waals surface area contributed by atoms with Gasteiger partial charge in [0.2, 0.25) is 0 Å². The maximum atomic E-state index is 8.66. The fourth-order valence-corrected chi connectivity index (χ4v) is 1.18. The molecular weight excluding hydrogens is 204 g/mol. The Hall–Kier alpha value is -0.880. The van der Waals surface area contributed by atoms with Gasteiger partial charge in [-0.05, 0) is 28.4 Å². The van der Waals surface area contributed by atoms with Crippen LogP contribution in [0.4, 0.5) is 0 Å². The van der Waals surface area contributed by atoms with Crippen molar-refractivity contribution in [3.63, 3.8) is 0 Å². The molecule has 0 aromatic carbocycles. The minimum absolute atomic E-state index is 0.655. The summed E-state index contributed by atoms with van der Waals surface area (Å²) in [7, 11) is 0. The van der Waals surface area contributed by atoms with Crippen molar-refractivity contribution < 1.29 is 0 Å². The quantitative estimate of drug-likeness (QED) is 0.714. The van der Waals surface area contributed by atoms with Crippen molar-refractivity contribution in [2.24, 2.45) is 0 Å². The van der Waals surface area contributed by atoms with E-state index in [2.05, 4.69) is 27.0 Å². The molecule has 2 nitrogen and oxygen atoms in total. The van der Waals surface area contributed by atoms with E-state index >= 15 is 0 Å². The number of nitrogens with zero attached hydrogens (tertiary/aromatic N) is 2. The van der Waals surface area contributed by atoms with Gasteiger partial charge in [-0.1, -0.05) is 6.92 Å². The lowest BCUT2D eigenvalue weighted by molar-refractivity contribution is 1.02. The van der Waals surface area contributed by atoms with Crippen LogP contribution in [0.25, 0.3) is 0 Å². The number of hydrogen-bond acceptors (Lipinski definition) is 2. The molecule has 56 valence electrons. The van der Waals surface area contributed by atoms with Crippen molar-refractivity contribution in [3.05, 3.63) is 28.0 Å². The fourth-order valence-electron chi connectivity index (χ4n) is 0.846. The van der Waals surface area contributed by atoms with Crippen LogP contribution in [0.2, 0.25) is 0 Å². The molecule has 0 N–H and O–H groups in total. The number of rotatable bonds is 1. The topological polar surface area (TPSA) is 36.7 Å². The molecule has 0 aliphatic rings. The predicted octanol–water partition coefficient (Wildman–Crippen LogP) is 2.28. The zero-order valence-corrected chi connectivity index (χ0v) is 7.72. The first-order valence-corrected chi connectivity index (χ1v) is 4.11. The van der Waals surface area contributed by atoms with Crippen molar-refractivity contribution in [2.45, 2.75) is 13.3 Å².